The normalized spacial score (nSPS) is 10.6. The lowest BCUT2D eigenvalue weighted by molar-refractivity contribution is -0.116. The fourth-order valence-corrected chi connectivity index (χ4v) is 2.40. The Hall–Kier alpha value is -3.13. The second-order valence-electron chi connectivity index (χ2n) is 6.35. The molecule has 0 fully saturated rings. The highest BCUT2D eigenvalue weighted by molar-refractivity contribution is 5.95. The van der Waals surface area contributed by atoms with Gasteiger partial charge in [-0.1, -0.05) is 90.5 Å². The second-order valence-corrected chi connectivity index (χ2v) is 6.35. The van der Waals surface area contributed by atoms with E-state index in [2.05, 4.69) is 19.1 Å². The maximum Gasteiger partial charge on any atom is 0.194 e. The Morgan fingerprint density at radius 3 is 1.89 bits per heavy atom. The minimum absolute atomic E-state index is 0.0656. The molecule has 0 aliphatic rings. The van der Waals surface area contributed by atoms with Gasteiger partial charge >= 0.3 is 0 Å². The first-order valence-electron chi connectivity index (χ1n) is 9.03. The summed E-state index contributed by atoms with van der Waals surface area (Å²) in [5, 5.41) is 0. The Morgan fingerprint density at radius 1 is 0.815 bits per heavy atom. The first-order chi connectivity index (χ1) is 13.1. The molecule has 0 N–H and O–H groups in total. The van der Waals surface area contributed by atoms with Crippen LogP contribution in [0.25, 0.3) is 6.08 Å². The van der Waals surface area contributed by atoms with E-state index in [-0.39, 0.29) is 5.78 Å². The minimum Gasteiger partial charge on any atom is -0.485 e. The molecule has 0 unspecified atom stereocenters. The summed E-state index contributed by atoms with van der Waals surface area (Å²) in [6.07, 6.45) is 1.81. The predicted octanol–water partition coefficient (Wildman–Crippen LogP) is 6.14. The molecule has 0 amide bonds. The van der Waals surface area contributed by atoms with Gasteiger partial charge in [-0.3, -0.25) is 4.79 Å². The van der Waals surface area contributed by atoms with Crippen LogP contribution in [0.2, 0.25) is 0 Å². The largest absolute Gasteiger partial charge is 0.485 e. The minimum atomic E-state index is -0.0656. The Balaban J connectivity index is 0.000000313. The van der Waals surface area contributed by atoms with Gasteiger partial charge in [0, 0.05) is 6.92 Å². The number of allylic oxidation sites excluding steroid dienone is 1. The summed E-state index contributed by atoms with van der Waals surface area (Å²) in [5.74, 6) is 0.326. The van der Waals surface area contributed by atoms with Crippen molar-refractivity contribution in [3.05, 3.63) is 113 Å². The zero-order valence-electron chi connectivity index (χ0n) is 16.2. The molecule has 2 nitrogen and oxygen atoms in total. The molecule has 138 valence electrons. The fraction of sp³-hybridized carbons (Fsp3) is 0.160. The lowest BCUT2D eigenvalue weighted by atomic mass is 10.1. The Labute approximate surface area is 162 Å². The van der Waals surface area contributed by atoms with Crippen LogP contribution in [-0.2, 0) is 16.1 Å². The van der Waals surface area contributed by atoms with Gasteiger partial charge in [0.25, 0.3) is 0 Å². The third-order valence-corrected chi connectivity index (χ3v) is 4.00. The monoisotopic (exact) mass is 358 g/mol. The zero-order valence-corrected chi connectivity index (χ0v) is 16.2. The first kappa shape index (κ1) is 20.2. The third kappa shape index (κ3) is 7.33. The fourth-order valence-electron chi connectivity index (χ4n) is 2.40. The van der Waals surface area contributed by atoms with Crippen molar-refractivity contribution >= 4 is 11.9 Å². The SMILES string of the molecule is CC(=O)/C(=C\c1ccccc1C)OCc1ccccc1.Cc1ccccc1. The molecule has 0 spiro atoms. The third-order valence-electron chi connectivity index (χ3n) is 4.00. The molecule has 0 saturated carbocycles. The summed E-state index contributed by atoms with van der Waals surface area (Å²) >= 11 is 0. The van der Waals surface area contributed by atoms with E-state index >= 15 is 0 Å². The molecule has 0 aromatic heterocycles. The number of ketones is 1. The van der Waals surface area contributed by atoms with Crippen LogP contribution in [0.1, 0.15) is 29.2 Å². The molecule has 0 aliphatic heterocycles. The van der Waals surface area contributed by atoms with Gasteiger partial charge in [-0.25, -0.2) is 0 Å². The van der Waals surface area contributed by atoms with E-state index in [0.29, 0.717) is 12.4 Å². The summed E-state index contributed by atoms with van der Waals surface area (Å²) in [4.78, 5) is 11.7. The van der Waals surface area contributed by atoms with Crippen LogP contribution in [0.5, 0.6) is 0 Å². The van der Waals surface area contributed by atoms with Crippen molar-refractivity contribution in [1.82, 2.24) is 0 Å². The molecule has 3 aromatic carbocycles. The number of carbonyl (C=O) groups excluding carboxylic acids is 1. The quantitative estimate of drug-likeness (QED) is 0.405. The number of hydrogen-bond donors (Lipinski definition) is 0. The number of aryl methyl sites for hydroxylation is 2. The molecule has 3 rings (SSSR count). The van der Waals surface area contributed by atoms with E-state index in [1.807, 2.05) is 79.7 Å². The van der Waals surface area contributed by atoms with E-state index in [9.17, 15) is 4.79 Å². The molecule has 0 radical (unpaired) electrons. The molecule has 2 heteroatoms. The topological polar surface area (TPSA) is 26.3 Å². The van der Waals surface area contributed by atoms with Crippen molar-refractivity contribution in [2.45, 2.75) is 27.4 Å². The maximum absolute atomic E-state index is 11.7. The molecule has 0 saturated heterocycles. The van der Waals surface area contributed by atoms with E-state index < -0.39 is 0 Å². The summed E-state index contributed by atoms with van der Waals surface area (Å²) in [6.45, 7) is 6.02. The van der Waals surface area contributed by atoms with Crippen LogP contribution < -0.4 is 0 Å². The molecule has 0 bridgehead atoms. The van der Waals surface area contributed by atoms with E-state index in [4.69, 9.17) is 4.74 Å². The van der Waals surface area contributed by atoms with Crippen LogP contribution in [0, 0.1) is 13.8 Å². The lowest BCUT2D eigenvalue weighted by Crippen LogP contribution is -2.02. The van der Waals surface area contributed by atoms with Gasteiger partial charge in [-0.2, -0.15) is 0 Å². The Morgan fingerprint density at radius 2 is 1.37 bits per heavy atom. The van der Waals surface area contributed by atoms with Gasteiger partial charge in [0.2, 0.25) is 0 Å². The summed E-state index contributed by atoms with van der Waals surface area (Å²) < 4.78 is 5.66. The molecule has 27 heavy (non-hydrogen) atoms. The number of rotatable bonds is 5. The van der Waals surface area contributed by atoms with Gasteiger partial charge < -0.3 is 4.74 Å². The first-order valence-corrected chi connectivity index (χ1v) is 9.03. The highest BCUT2D eigenvalue weighted by Gasteiger charge is 2.07. The van der Waals surface area contributed by atoms with Gasteiger partial charge in [-0.05, 0) is 36.6 Å². The molecular weight excluding hydrogens is 332 g/mol. The van der Waals surface area contributed by atoms with Gasteiger partial charge in [0.1, 0.15) is 6.61 Å². The Bertz CT molecular complexity index is 865. The van der Waals surface area contributed by atoms with Gasteiger partial charge in [0.05, 0.1) is 0 Å². The standard InChI is InChI=1S/C18H18O2.C7H8/c1-14-8-6-7-11-17(14)12-18(15(2)19)20-13-16-9-4-3-5-10-16;1-7-5-3-2-4-6-7/h3-12H,13H2,1-2H3;2-6H,1H3/b18-12+;. The van der Waals surface area contributed by atoms with Crippen molar-refractivity contribution < 1.29 is 9.53 Å². The van der Waals surface area contributed by atoms with Crippen molar-refractivity contribution in [2.24, 2.45) is 0 Å². The van der Waals surface area contributed by atoms with Crippen LogP contribution in [-0.4, -0.2) is 5.78 Å². The van der Waals surface area contributed by atoms with Crippen LogP contribution in [0.15, 0.2) is 90.7 Å². The maximum atomic E-state index is 11.7. The number of hydrogen-bond acceptors (Lipinski definition) is 2. The van der Waals surface area contributed by atoms with Crippen LogP contribution in [0.3, 0.4) is 0 Å². The highest BCUT2D eigenvalue weighted by atomic mass is 16.5. The Kier molecular flexibility index (Phi) is 8.05. The van der Waals surface area contributed by atoms with E-state index in [1.54, 1.807) is 6.08 Å². The molecule has 0 heterocycles. The van der Waals surface area contributed by atoms with Crippen molar-refractivity contribution in [3.63, 3.8) is 0 Å². The number of benzene rings is 3. The highest BCUT2D eigenvalue weighted by Crippen LogP contribution is 2.15. The van der Waals surface area contributed by atoms with Gasteiger partial charge in [0.15, 0.2) is 11.5 Å². The predicted molar refractivity (Wildman–Crippen MR) is 112 cm³/mol. The molecular formula is C25H26O2. The molecule has 3 aromatic rings. The van der Waals surface area contributed by atoms with Crippen molar-refractivity contribution in [3.8, 4) is 0 Å². The van der Waals surface area contributed by atoms with Crippen molar-refractivity contribution in [2.75, 3.05) is 0 Å². The smallest absolute Gasteiger partial charge is 0.194 e. The van der Waals surface area contributed by atoms with E-state index in [0.717, 1.165) is 16.7 Å². The molecule has 0 aliphatic carbocycles. The van der Waals surface area contributed by atoms with Crippen LogP contribution in [0.4, 0.5) is 0 Å². The van der Waals surface area contributed by atoms with Crippen LogP contribution >= 0.6 is 0 Å². The molecule has 0 atom stereocenters. The number of ether oxygens (including phenoxy) is 1. The average Bonchev–Trinajstić information content (AvgIpc) is 2.68. The lowest BCUT2D eigenvalue weighted by Gasteiger charge is -2.09. The average molecular weight is 358 g/mol. The summed E-state index contributed by atoms with van der Waals surface area (Å²) in [5.41, 5.74) is 4.49. The van der Waals surface area contributed by atoms with E-state index in [1.165, 1.54) is 12.5 Å². The van der Waals surface area contributed by atoms with Crippen molar-refractivity contribution in [1.29, 1.82) is 0 Å². The second kappa shape index (κ2) is 10.8. The number of Topliss-reactive ketones (excluding diaryl/α,β-unsaturated/α-hetero) is 1. The zero-order chi connectivity index (χ0) is 19.5. The van der Waals surface area contributed by atoms with Gasteiger partial charge in [-0.15, -0.1) is 0 Å². The number of carbonyl (C=O) groups is 1. The summed E-state index contributed by atoms with van der Waals surface area (Å²) in [7, 11) is 0. The summed E-state index contributed by atoms with van der Waals surface area (Å²) in [6, 6.07) is 28.0.